The van der Waals surface area contributed by atoms with Crippen LogP contribution in [0.2, 0.25) is 0 Å². The number of amides is 2. The molecule has 0 aliphatic rings. The molecule has 0 fully saturated rings. The van der Waals surface area contributed by atoms with Crippen LogP contribution in [-0.2, 0) is 12.0 Å². The van der Waals surface area contributed by atoms with E-state index in [0.29, 0.717) is 28.2 Å². The Hall–Kier alpha value is -3.99. The molecule has 178 valence electrons. The van der Waals surface area contributed by atoms with Gasteiger partial charge in [0.15, 0.2) is 5.65 Å². The number of carbonyl (C=O) groups excluding carboxylic acids is 1. The Bertz CT molecular complexity index is 1330. The number of carbonyl (C=O) groups is 1. The van der Waals surface area contributed by atoms with E-state index in [-0.39, 0.29) is 17.8 Å². The molecule has 0 unspecified atom stereocenters. The van der Waals surface area contributed by atoms with Gasteiger partial charge in [-0.2, -0.15) is 5.10 Å². The van der Waals surface area contributed by atoms with Gasteiger partial charge in [0, 0.05) is 22.7 Å². The maximum Gasteiger partial charge on any atom is 0.326 e. The van der Waals surface area contributed by atoms with Gasteiger partial charge in [-0.15, -0.1) is 0 Å². The van der Waals surface area contributed by atoms with Gasteiger partial charge in [0.25, 0.3) is 0 Å². The maximum absolute atomic E-state index is 12.4. The highest BCUT2D eigenvalue weighted by atomic mass is 16.5. The van der Waals surface area contributed by atoms with E-state index in [1.54, 1.807) is 36.7 Å². The Morgan fingerprint density at radius 3 is 2.44 bits per heavy atom. The van der Waals surface area contributed by atoms with E-state index in [2.05, 4.69) is 30.9 Å². The summed E-state index contributed by atoms with van der Waals surface area (Å²) < 4.78 is 6.81. The van der Waals surface area contributed by atoms with Crippen LogP contribution >= 0.6 is 0 Å². The Morgan fingerprint density at radius 2 is 1.82 bits per heavy atom. The molecule has 11 heteroatoms. The second-order valence-corrected chi connectivity index (χ2v) is 9.76. The van der Waals surface area contributed by atoms with Crippen LogP contribution < -0.4 is 16.4 Å². The van der Waals surface area contributed by atoms with Crippen molar-refractivity contribution in [3.63, 3.8) is 0 Å². The second-order valence-electron chi connectivity index (χ2n) is 9.76. The minimum atomic E-state index is -0.992. The van der Waals surface area contributed by atoms with Crippen molar-refractivity contribution in [2.24, 2.45) is 0 Å². The molecular weight excluding hydrogens is 436 g/mol. The number of nitrogen functional groups attached to an aromatic ring is 1. The summed E-state index contributed by atoms with van der Waals surface area (Å²) in [6, 6.07) is 8.36. The van der Waals surface area contributed by atoms with E-state index in [1.807, 2.05) is 32.9 Å². The van der Waals surface area contributed by atoms with Crippen molar-refractivity contribution >= 4 is 34.5 Å². The third-order valence-electron chi connectivity index (χ3n) is 5.03. The van der Waals surface area contributed by atoms with Gasteiger partial charge in [0.05, 0.1) is 23.2 Å². The van der Waals surface area contributed by atoms with Gasteiger partial charge in [-0.3, -0.25) is 5.32 Å². The van der Waals surface area contributed by atoms with Crippen LogP contribution in [0.4, 0.5) is 22.2 Å². The zero-order chi connectivity index (χ0) is 24.7. The lowest BCUT2D eigenvalue weighted by atomic mass is 9.92. The van der Waals surface area contributed by atoms with Gasteiger partial charge in [0.1, 0.15) is 17.8 Å². The molecule has 0 spiro atoms. The normalized spacial score (nSPS) is 12.2. The number of aliphatic hydroxyl groups is 1. The summed E-state index contributed by atoms with van der Waals surface area (Å²) in [5.74, 6) is 0.559. The van der Waals surface area contributed by atoms with Crippen molar-refractivity contribution in [2.75, 3.05) is 16.4 Å². The highest BCUT2D eigenvalue weighted by Crippen LogP contribution is 2.31. The minimum Gasteiger partial charge on any atom is -0.389 e. The summed E-state index contributed by atoms with van der Waals surface area (Å²) in [4.78, 5) is 20.8. The van der Waals surface area contributed by atoms with Gasteiger partial charge in [0.2, 0.25) is 5.88 Å². The molecule has 4 rings (SSSR count). The van der Waals surface area contributed by atoms with Gasteiger partial charge in [-0.25, -0.2) is 19.4 Å². The van der Waals surface area contributed by atoms with Crippen LogP contribution in [0.25, 0.3) is 22.3 Å². The highest BCUT2D eigenvalue weighted by Gasteiger charge is 2.22. The van der Waals surface area contributed by atoms with Gasteiger partial charge < -0.3 is 20.7 Å². The lowest BCUT2D eigenvalue weighted by molar-refractivity contribution is 0.0590. The molecule has 4 aromatic rings. The third kappa shape index (κ3) is 4.99. The number of nitrogens with two attached hydrogens (primary N) is 1. The summed E-state index contributed by atoms with van der Waals surface area (Å²) in [7, 11) is 0. The molecule has 34 heavy (non-hydrogen) atoms. The smallest absolute Gasteiger partial charge is 0.326 e. The van der Waals surface area contributed by atoms with E-state index in [9.17, 15) is 9.90 Å². The van der Waals surface area contributed by atoms with Crippen molar-refractivity contribution in [1.82, 2.24) is 24.9 Å². The molecule has 0 radical (unpaired) electrons. The molecule has 1 aromatic carbocycles. The Labute approximate surface area is 196 Å². The van der Waals surface area contributed by atoms with Crippen molar-refractivity contribution in [1.29, 1.82) is 0 Å². The predicted octanol–water partition coefficient (Wildman–Crippen LogP) is 3.78. The number of hydrogen-bond donors (Lipinski definition) is 4. The SMILES string of the molecule is CC(C)(O)Cn1nc(-c2ccc(NC(=O)Nc3cc(C(C)(C)C)no3)cc2)c2c(N)ncnc21. The fraction of sp³-hybridized carbons (Fsp3) is 0.348. The molecular formula is C23H28N8O3. The first-order valence-corrected chi connectivity index (χ1v) is 10.8. The first kappa shape index (κ1) is 23.2. The zero-order valence-corrected chi connectivity index (χ0v) is 19.7. The van der Waals surface area contributed by atoms with Crippen molar-refractivity contribution in [3.8, 4) is 11.3 Å². The number of anilines is 3. The van der Waals surface area contributed by atoms with Crippen LogP contribution in [0.15, 0.2) is 41.2 Å². The van der Waals surface area contributed by atoms with E-state index >= 15 is 0 Å². The van der Waals surface area contributed by atoms with Crippen LogP contribution in [-0.4, -0.2) is 41.6 Å². The van der Waals surface area contributed by atoms with Crippen LogP contribution in [0.3, 0.4) is 0 Å². The quantitative estimate of drug-likeness (QED) is 0.347. The van der Waals surface area contributed by atoms with E-state index in [1.165, 1.54) is 6.33 Å². The number of nitrogens with one attached hydrogen (secondary N) is 2. The predicted molar refractivity (Wildman–Crippen MR) is 129 cm³/mol. The first-order chi connectivity index (χ1) is 15.9. The lowest BCUT2D eigenvalue weighted by Gasteiger charge is -2.16. The number of hydrogen-bond acceptors (Lipinski definition) is 8. The maximum atomic E-state index is 12.4. The molecule has 3 aromatic heterocycles. The molecule has 0 aliphatic heterocycles. The van der Waals surface area contributed by atoms with Crippen LogP contribution in [0, 0.1) is 0 Å². The third-order valence-corrected chi connectivity index (χ3v) is 5.03. The fourth-order valence-electron chi connectivity index (χ4n) is 3.38. The highest BCUT2D eigenvalue weighted by molar-refractivity contribution is 6.00. The molecule has 3 heterocycles. The average Bonchev–Trinajstić information content (AvgIpc) is 3.33. The number of nitrogens with zero attached hydrogens (tertiary/aromatic N) is 5. The standard InChI is InChI=1S/C23H28N8O3/c1-22(2,3)15-10-16(34-30-15)28-21(32)27-14-8-6-13(7-9-14)18-17-19(24)25-12-26-20(17)31(29-18)11-23(4,5)33/h6-10,12,33H,11H2,1-5H3,(H2,24,25,26)(H2,27,28,32). The molecule has 2 amide bonds. The number of rotatable bonds is 5. The van der Waals surface area contributed by atoms with Gasteiger partial charge in [-0.1, -0.05) is 38.1 Å². The Morgan fingerprint density at radius 1 is 1.12 bits per heavy atom. The molecule has 11 nitrogen and oxygen atoms in total. The second kappa shape index (κ2) is 8.41. The topological polar surface area (TPSA) is 157 Å². The fourth-order valence-corrected chi connectivity index (χ4v) is 3.38. The monoisotopic (exact) mass is 464 g/mol. The van der Waals surface area contributed by atoms with E-state index in [4.69, 9.17) is 10.3 Å². The summed E-state index contributed by atoms with van der Waals surface area (Å²) in [6.07, 6.45) is 1.37. The molecule has 0 saturated heterocycles. The largest absolute Gasteiger partial charge is 0.389 e. The zero-order valence-electron chi connectivity index (χ0n) is 19.7. The molecule has 0 bridgehead atoms. The van der Waals surface area contributed by atoms with Gasteiger partial charge in [-0.05, 0) is 26.0 Å². The summed E-state index contributed by atoms with van der Waals surface area (Å²) in [5.41, 5.74) is 8.14. The van der Waals surface area contributed by atoms with Crippen molar-refractivity contribution in [3.05, 3.63) is 42.4 Å². The van der Waals surface area contributed by atoms with Crippen LogP contribution in [0.5, 0.6) is 0 Å². The van der Waals surface area contributed by atoms with Crippen molar-refractivity contribution < 1.29 is 14.4 Å². The summed E-state index contributed by atoms with van der Waals surface area (Å²) >= 11 is 0. The van der Waals surface area contributed by atoms with Crippen molar-refractivity contribution in [2.45, 2.75) is 52.2 Å². The molecule has 0 aliphatic carbocycles. The summed E-state index contributed by atoms with van der Waals surface area (Å²) in [6.45, 7) is 9.64. The Kier molecular flexibility index (Phi) is 5.74. The number of urea groups is 1. The minimum absolute atomic E-state index is 0.186. The van der Waals surface area contributed by atoms with Crippen LogP contribution in [0.1, 0.15) is 40.3 Å². The van der Waals surface area contributed by atoms with Gasteiger partial charge >= 0.3 is 6.03 Å². The lowest BCUT2D eigenvalue weighted by Crippen LogP contribution is -2.26. The number of fused-ring (bicyclic) bond motifs is 1. The first-order valence-electron chi connectivity index (χ1n) is 10.8. The average molecular weight is 465 g/mol. The Balaban J connectivity index is 1.54. The number of aromatic nitrogens is 5. The molecule has 0 atom stereocenters. The number of benzene rings is 1. The molecule has 5 N–H and O–H groups in total. The van der Waals surface area contributed by atoms with E-state index in [0.717, 1.165) is 11.3 Å². The molecule has 0 saturated carbocycles. The summed E-state index contributed by atoms with van der Waals surface area (Å²) in [5, 5.41) is 24.9. The van der Waals surface area contributed by atoms with E-state index < -0.39 is 11.6 Å².